The van der Waals surface area contributed by atoms with Gasteiger partial charge in [0.2, 0.25) is 12.7 Å². The number of esters is 1. The fourth-order valence-corrected chi connectivity index (χ4v) is 3.49. The van der Waals surface area contributed by atoms with E-state index in [2.05, 4.69) is 5.32 Å². The van der Waals surface area contributed by atoms with Crippen LogP contribution in [0.15, 0.2) is 54.6 Å². The van der Waals surface area contributed by atoms with Gasteiger partial charge in [-0.05, 0) is 43.4 Å². The van der Waals surface area contributed by atoms with Gasteiger partial charge in [-0.2, -0.15) is 0 Å². The summed E-state index contributed by atoms with van der Waals surface area (Å²) in [5, 5.41) is 11.7. The molecule has 0 saturated carbocycles. The van der Waals surface area contributed by atoms with Crippen LogP contribution in [-0.2, 0) is 35.0 Å². The molecule has 2 rings (SSSR count). The van der Waals surface area contributed by atoms with Gasteiger partial charge in [-0.3, -0.25) is 14.4 Å². The lowest BCUT2D eigenvalue weighted by molar-refractivity contribution is -0.158. The van der Waals surface area contributed by atoms with Crippen molar-refractivity contribution in [2.75, 3.05) is 6.79 Å². The number of ether oxygens (including phenoxy) is 3. The van der Waals surface area contributed by atoms with Crippen LogP contribution >= 0.6 is 0 Å². The highest BCUT2D eigenvalue weighted by molar-refractivity contribution is 5.81. The highest BCUT2D eigenvalue weighted by Crippen LogP contribution is 2.21. The first kappa shape index (κ1) is 28.4. The fraction of sp³-hybridized carbons (Fsp3) is 0.407. The van der Waals surface area contributed by atoms with E-state index in [0.717, 1.165) is 16.7 Å². The normalized spacial score (nSPS) is 12.3. The van der Waals surface area contributed by atoms with E-state index >= 15 is 0 Å². The predicted octanol–water partition coefficient (Wildman–Crippen LogP) is 4.33. The van der Waals surface area contributed by atoms with E-state index in [-0.39, 0.29) is 25.4 Å². The summed E-state index contributed by atoms with van der Waals surface area (Å²) in [7, 11) is 0. The van der Waals surface area contributed by atoms with Crippen molar-refractivity contribution in [2.45, 2.75) is 58.6 Å². The molecule has 9 heteroatoms. The van der Waals surface area contributed by atoms with Gasteiger partial charge in [-0.25, -0.2) is 4.79 Å². The van der Waals surface area contributed by atoms with E-state index in [4.69, 9.17) is 19.3 Å². The lowest BCUT2D eigenvalue weighted by Crippen LogP contribution is -2.39. The second kappa shape index (κ2) is 14.5. The predicted molar refractivity (Wildman–Crippen MR) is 132 cm³/mol. The Morgan fingerprint density at radius 2 is 1.50 bits per heavy atom. The van der Waals surface area contributed by atoms with E-state index < -0.39 is 42.8 Å². The maximum absolute atomic E-state index is 12.4. The van der Waals surface area contributed by atoms with E-state index in [9.17, 15) is 19.2 Å². The van der Waals surface area contributed by atoms with Crippen molar-refractivity contribution in [2.24, 2.45) is 5.92 Å². The van der Waals surface area contributed by atoms with Gasteiger partial charge in [0.25, 0.3) is 0 Å². The van der Waals surface area contributed by atoms with Gasteiger partial charge >= 0.3 is 18.1 Å². The molecule has 2 atom stereocenters. The van der Waals surface area contributed by atoms with Gasteiger partial charge in [0.1, 0.15) is 0 Å². The molecule has 0 aromatic heterocycles. The number of carbonyl (C=O) groups excluding carboxylic acids is 3. The first-order valence-corrected chi connectivity index (χ1v) is 11.8. The first-order valence-electron chi connectivity index (χ1n) is 11.8. The van der Waals surface area contributed by atoms with E-state index in [1.54, 1.807) is 20.8 Å². The number of carboxylic acids is 1. The van der Waals surface area contributed by atoms with Crippen LogP contribution in [0.3, 0.4) is 0 Å². The number of rotatable bonds is 13. The van der Waals surface area contributed by atoms with Crippen LogP contribution in [0.5, 0.6) is 0 Å². The van der Waals surface area contributed by atoms with E-state index in [1.807, 2.05) is 54.6 Å². The molecule has 1 unspecified atom stereocenters. The number of hydrogen-bond donors (Lipinski definition) is 2. The maximum Gasteiger partial charge on any atom is 0.511 e. The summed E-state index contributed by atoms with van der Waals surface area (Å²) in [6.45, 7) is 4.39. The molecule has 0 radical (unpaired) electrons. The molecule has 0 fully saturated rings. The van der Waals surface area contributed by atoms with Crippen molar-refractivity contribution in [1.29, 1.82) is 0 Å². The number of carboxylic acid groups (broad SMARTS) is 1. The zero-order valence-corrected chi connectivity index (χ0v) is 20.8. The lowest BCUT2D eigenvalue weighted by Gasteiger charge is -2.22. The molecule has 36 heavy (non-hydrogen) atoms. The van der Waals surface area contributed by atoms with Crippen LogP contribution in [-0.4, -0.2) is 48.0 Å². The Balaban J connectivity index is 2.00. The largest absolute Gasteiger partial charge is 0.511 e. The van der Waals surface area contributed by atoms with Gasteiger partial charge < -0.3 is 24.6 Å². The summed E-state index contributed by atoms with van der Waals surface area (Å²) in [6.07, 6.45) is -1.07. The second-order valence-electron chi connectivity index (χ2n) is 8.70. The third kappa shape index (κ3) is 10.6. The number of amides is 1. The zero-order valence-electron chi connectivity index (χ0n) is 20.8. The Morgan fingerprint density at radius 1 is 0.861 bits per heavy atom. The minimum absolute atomic E-state index is 0.163. The molecular weight excluding hydrogens is 466 g/mol. The summed E-state index contributed by atoms with van der Waals surface area (Å²) in [4.78, 5) is 46.9. The number of hydrogen-bond acceptors (Lipinski definition) is 7. The van der Waals surface area contributed by atoms with E-state index in [0.29, 0.717) is 6.42 Å². The van der Waals surface area contributed by atoms with Gasteiger partial charge in [0.15, 0.2) is 0 Å². The van der Waals surface area contributed by atoms with Gasteiger partial charge in [-0.1, -0.05) is 61.5 Å². The number of benzene rings is 2. The molecule has 0 heterocycles. The number of nitrogens with one attached hydrogen (secondary N) is 1. The van der Waals surface area contributed by atoms with Crippen molar-refractivity contribution in [1.82, 2.24) is 5.32 Å². The highest BCUT2D eigenvalue weighted by Gasteiger charge is 2.23. The fourth-order valence-electron chi connectivity index (χ4n) is 3.49. The Bertz CT molecular complexity index is 1000. The Labute approximate surface area is 210 Å². The summed E-state index contributed by atoms with van der Waals surface area (Å²) >= 11 is 0. The van der Waals surface area contributed by atoms with Crippen LogP contribution in [0, 0.1) is 5.92 Å². The Hall–Kier alpha value is -3.88. The molecular formula is C27H33NO8. The quantitative estimate of drug-likeness (QED) is 0.308. The molecule has 0 saturated heterocycles. The van der Waals surface area contributed by atoms with E-state index in [1.165, 1.54) is 0 Å². The molecule has 194 valence electrons. The summed E-state index contributed by atoms with van der Waals surface area (Å²) < 4.78 is 14.5. The number of aliphatic carboxylic acids is 1. The SMILES string of the molecule is CC(C)OC(=O)OCOC(=O)C(C)C[C@@H](Cc1ccc(-c2ccccc2)cc1)NC(=O)CCC(=O)O. The Morgan fingerprint density at radius 3 is 2.11 bits per heavy atom. The van der Waals surface area contributed by atoms with Crippen LogP contribution < -0.4 is 5.32 Å². The number of carbonyl (C=O) groups is 4. The molecule has 0 bridgehead atoms. The molecule has 2 N–H and O–H groups in total. The smallest absolute Gasteiger partial charge is 0.481 e. The van der Waals surface area contributed by atoms with Gasteiger partial charge in [-0.15, -0.1) is 0 Å². The average molecular weight is 500 g/mol. The standard InChI is InChI=1S/C27H33NO8/c1-18(2)36-27(33)35-17-34-26(32)19(3)15-23(28-24(29)13-14-25(30)31)16-20-9-11-22(12-10-20)21-7-5-4-6-8-21/h4-12,18-19,23H,13-17H2,1-3H3,(H,28,29)(H,30,31)/t19?,23-/m0/s1. The van der Waals surface area contributed by atoms with Crippen molar-refractivity contribution >= 4 is 24.0 Å². The third-order valence-corrected chi connectivity index (χ3v) is 5.22. The van der Waals surface area contributed by atoms with Crippen molar-refractivity contribution in [3.63, 3.8) is 0 Å². The van der Waals surface area contributed by atoms with Gasteiger partial charge in [0.05, 0.1) is 18.4 Å². The zero-order chi connectivity index (χ0) is 26.5. The van der Waals surface area contributed by atoms with Crippen molar-refractivity contribution in [3.8, 4) is 11.1 Å². The average Bonchev–Trinajstić information content (AvgIpc) is 2.83. The monoisotopic (exact) mass is 499 g/mol. The van der Waals surface area contributed by atoms with Crippen molar-refractivity contribution in [3.05, 3.63) is 60.2 Å². The maximum atomic E-state index is 12.4. The minimum Gasteiger partial charge on any atom is -0.481 e. The molecule has 0 aliphatic heterocycles. The summed E-state index contributed by atoms with van der Waals surface area (Å²) in [5.74, 6) is -2.70. The highest BCUT2D eigenvalue weighted by atomic mass is 16.8. The van der Waals surface area contributed by atoms with Gasteiger partial charge in [0, 0.05) is 12.5 Å². The Kier molecular flexibility index (Phi) is 11.4. The molecule has 0 aliphatic carbocycles. The molecule has 2 aromatic carbocycles. The van der Waals surface area contributed by atoms with Crippen LogP contribution in [0.25, 0.3) is 11.1 Å². The molecule has 2 aromatic rings. The van der Waals surface area contributed by atoms with Crippen LogP contribution in [0.1, 0.15) is 45.6 Å². The van der Waals surface area contributed by atoms with Crippen LogP contribution in [0.2, 0.25) is 0 Å². The van der Waals surface area contributed by atoms with Crippen LogP contribution in [0.4, 0.5) is 4.79 Å². The topological polar surface area (TPSA) is 128 Å². The summed E-state index contributed by atoms with van der Waals surface area (Å²) in [5.41, 5.74) is 3.08. The molecule has 0 aliphatic rings. The lowest BCUT2D eigenvalue weighted by atomic mass is 9.94. The van der Waals surface area contributed by atoms with Crippen molar-refractivity contribution < 1.29 is 38.5 Å². The molecule has 0 spiro atoms. The molecule has 1 amide bonds. The first-order chi connectivity index (χ1) is 17.1. The second-order valence-corrected chi connectivity index (χ2v) is 8.70. The third-order valence-electron chi connectivity index (χ3n) is 5.22. The molecule has 9 nitrogen and oxygen atoms in total. The summed E-state index contributed by atoms with van der Waals surface area (Å²) in [6, 6.07) is 17.3. The minimum atomic E-state index is -1.06.